The van der Waals surface area contributed by atoms with Crippen molar-refractivity contribution in [1.82, 2.24) is 10.5 Å². The van der Waals surface area contributed by atoms with E-state index in [9.17, 15) is 9.90 Å². The second-order valence-corrected chi connectivity index (χ2v) is 8.55. The van der Waals surface area contributed by atoms with Gasteiger partial charge in [0.25, 0.3) is 0 Å². The fraction of sp³-hybridized carbons (Fsp3) is 0.360. The molecule has 2 fully saturated rings. The molecule has 0 atom stereocenters. The molecule has 0 unspecified atom stereocenters. The Morgan fingerprint density at radius 2 is 1.97 bits per heavy atom. The zero-order chi connectivity index (χ0) is 22.8. The molecule has 3 N–H and O–H groups in total. The highest BCUT2D eigenvalue weighted by Crippen LogP contribution is 2.41. The van der Waals surface area contributed by atoms with Gasteiger partial charge in [-0.25, -0.2) is 0 Å². The molecule has 1 aromatic heterocycles. The molecule has 2 aromatic carbocycles. The fourth-order valence-electron chi connectivity index (χ4n) is 4.16. The van der Waals surface area contributed by atoms with Gasteiger partial charge in [0.2, 0.25) is 5.91 Å². The van der Waals surface area contributed by atoms with Crippen LogP contribution in [0.25, 0.3) is 22.5 Å². The first-order chi connectivity index (χ1) is 16.1. The van der Waals surface area contributed by atoms with E-state index in [1.807, 2.05) is 42.5 Å². The monoisotopic (exact) mass is 448 g/mol. The molecule has 8 nitrogen and oxygen atoms in total. The summed E-state index contributed by atoms with van der Waals surface area (Å²) >= 11 is 0. The summed E-state index contributed by atoms with van der Waals surface area (Å²) < 4.78 is 11.7. The number of amides is 1. The Hall–Kier alpha value is -3.52. The predicted molar refractivity (Wildman–Crippen MR) is 127 cm³/mol. The largest absolute Gasteiger partial charge is 0.507 e. The van der Waals surface area contributed by atoms with Gasteiger partial charge in [-0.1, -0.05) is 23.4 Å². The van der Waals surface area contributed by atoms with Crippen LogP contribution in [-0.4, -0.2) is 48.5 Å². The van der Waals surface area contributed by atoms with Gasteiger partial charge in [0, 0.05) is 44.7 Å². The molecule has 172 valence electrons. The highest BCUT2D eigenvalue weighted by atomic mass is 16.5. The van der Waals surface area contributed by atoms with Crippen molar-refractivity contribution in [2.75, 3.05) is 36.4 Å². The quantitative estimate of drug-likeness (QED) is 0.524. The lowest BCUT2D eigenvalue weighted by atomic mass is 9.96. The van der Waals surface area contributed by atoms with Gasteiger partial charge in [-0.15, -0.1) is 0 Å². The van der Waals surface area contributed by atoms with Gasteiger partial charge in [-0.05, 0) is 43.0 Å². The Balaban J connectivity index is 1.46. The lowest BCUT2D eigenvalue weighted by Crippen LogP contribution is -2.43. The van der Waals surface area contributed by atoms with E-state index in [4.69, 9.17) is 9.26 Å². The van der Waals surface area contributed by atoms with E-state index < -0.39 is 0 Å². The van der Waals surface area contributed by atoms with E-state index in [2.05, 4.69) is 20.7 Å². The molecule has 1 amide bonds. The molecule has 33 heavy (non-hydrogen) atoms. The second kappa shape index (κ2) is 9.15. The molecule has 0 bridgehead atoms. The summed E-state index contributed by atoms with van der Waals surface area (Å²) in [7, 11) is 0. The molecule has 3 aromatic rings. The van der Waals surface area contributed by atoms with Crippen molar-refractivity contribution >= 4 is 17.4 Å². The van der Waals surface area contributed by atoms with Gasteiger partial charge in [0.15, 0.2) is 11.6 Å². The maximum Gasteiger partial charge on any atom is 0.221 e. The van der Waals surface area contributed by atoms with E-state index in [1.54, 1.807) is 0 Å². The van der Waals surface area contributed by atoms with Gasteiger partial charge in [0.1, 0.15) is 11.5 Å². The Bertz CT molecular complexity index is 1150. The molecule has 5 rings (SSSR count). The maximum absolute atomic E-state index is 11.6. The van der Waals surface area contributed by atoms with Crippen LogP contribution >= 0.6 is 0 Å². The molecule has 1 saturated carbocycles. The number of carbonyl (C=O) groups excluding carboxylic acids is 1. The highest BCUT2D eigenvalue weighted by Gasteiger charge is 2.22. The van der Waals surface area contributed by atoms with Crippen LogP contribution in [0.5, 0.6) is 11.5 Å². The molecule has 1 aliphatic carbocycles. The van der Waals surface area contributed by atoms with Gasteiger partial charge in [0.05, 0.1) is 17.4 Å². The van der Waals surface area contributed by atoms with E-state index in [0.29, 0.717) is 28.3 Å². The molecular formula is C25H28N4O4. The second-order valence-electron chi connectivity index (χ2n) is 8.55. The number of piperazine rings is 1. The zero-order valence-corrected chi connectivity index (χ0v) is 18.6. The molecule has 0 radical (unpaired) electrons. The minimum absolute atomic E-state index is 0.113. The normalized spacial score (nSPS) is 16.3. The standard InChI is InChI=1S/C25H28N4O4/c1-16(30)27-21-9-8-17(14-23(21)32-18-4-2-5-18)19-6-3-7-20(25(19)31)22-15-24(28-33-22)29-12-10-26-11-13-29/h3,6-9,14-15,18,26,31H,2,4-5,10-13H2,1H3,(H,27,30). The lowest BCUT2D eigenvalue weighted by molar-refractivity contribution is -0.114. The van der Waals surface area contributed by atoms with Crippen molar-refractivity contribution < 1.29 is 19.2 Å². The Labute approximate surface area is 192 Å². The number of aromatic nitrogens is 1. The third-order valence-corrected chi connectivity index (χ3v) is 6.19. The molecule has 0 spiro atoms. The van der Waals surface area contributed by atoms with Crippen LogP contribution < -0.4 is 20.3 Å². The number of para-hydroxylation sites is 1. The summed E-state index contributed by atoms with van der Waals surface area (Å²) in [4.78, 5) is 13.8. The number of hydrogen-bond acceptors (Lipinski definition) is 7. The first-order valence-corrected chi connectivity index (χ1v) is 11.4. The number of anilines is 2. The highest BCUT2D eigenvalue weighted by molar-refractivity contribution is 5.91. The summed E-state index contributed by atoms with van der Waals surface area (Å²) in [6.07, 6.45) is 3.32. The molecule has 1 saturated heterocycles. The zero-order valence-electron chi connectivity index (χ0n) is 18.6. The maximum atomic E-state index is 11.6. The number of ether oxygens (including phenoxy) is 1. The molecule has 1 aliphatic heterocycles. The van der Waals surface area contributed by atoms with Crippen molar-refractivity contribution in [1.29, 1.82) is 0 Å². The lowest BCUT2D eigenvalue weighted by Gasteiger charge is -2.27. The number of rotatable bonds is 6. The topological polar surface area (TPSA) is 99.9 Å². The minimum atomic E-state index is -0.156. The first kappa shape index (κ1) is 21.3. The number of aromatic hydroxyl groups is 1. The van der Waals surface area contributed by atoms with Crippen LogP contribution in [-0.2, 0) is 4.79 Å². The smallest absolute Gasteiger partial charge is 0.221 e. The number of phenolic OH excluding ortho intramolecular Hbond substituents is 1. The Kier molecular flexibility index (Phi) is 5.92. The van der Waals surface area contributed by atoms with Gasteiger partial charge in [-0.3, -0.25) is 4.79 Å². The molecule has 8 heteroatoms. The van der Waals surface area contributed by atoms with Crippen LogP contribution in [0.15, 0.2) is 47.0 Å². The van der Waals surface area contributed by atoms with E-state index >= 15 is 0 Å². The summed E-state index contributed by atoms with van der Waals surface area (Å²) in [6.45, 7) is 5.01. The van der Waals surface area contributed by atoms with Crippen molar-refractivity contribution in [3.05, 3.63) is 42.5 Å². The number of hydrogen-bond donors (Lipinski definition) is 3. The fourth-order valence-corrected chi connectivity index (χ4v) is 4.16. The van der Waals surface area contributed by atoms with Crippen molar-refractivity contribution in [3.63, 3.8) is 0 Å². The molecule has 2 heterocycles. The summed E-state index contributed by atoms with van der Waals surface area (Å²) in [5.74, 6) is 1.85. The van der Waals surface area contributed by atoms with Crippen LogP contribution in [0.2, 0.25) is 0 Å². The summed E-state index contributed by atoms with van der Waals surface area (Å²) in [6, 6.07) is 13.0. The Morgan fingerprint density at radius 1 is 1.18 bits per heavy atom. The summed E-state index contributed by atoms with van der Waals surface area (Å²) in [5.41, 5.74) is 2.65. The van der Waals surface area contributed by atoms with Gasteiger partial charge < -0.3 is 29.9 Å². The average molecular weight is 449 g/mol. The van der Waals surface area contributed by atoms with Crippen LogP contribution in [0.3, 0.4) is 0 Å². The SMILES string of the molecule is CC(=O)Nc1ccc(-c2cccc(-c3cc(N4CCNCC4)no3)c2O)cc1OC1CCC1. The minimum Gasteiger partial charge on any atom is -0.507 e. The predicted octanol–water partition coefficient (Wildman–Crippen LogP) is 4.01. The number of nitrogens with zero attached hydrogens (tertiary/aromatic N) is 2. The first-order valence-electron chi connectivity index (χ1n) is 11.4. The third-order valence-electron chi connectivity index (χ3n) is 6.19. The van der Waals surface area contributed by atoms with Crippen molar-refractivity contribution in [3.8, 4) is 33.9 Å². The number of carbonyl (C=O) groups is 1. The van der Waals surface area contributed by atoms with Gasteiger partial charge in [-0.2, -0.15) is 0 Å². The van der Waals surface area contributed by atoms with Crippen molar-refractivity contribution in [2.24, 2.45) is 0 Å². The average Bonchev–Trinajstić information content (AvgIpc) is 3.28. The van der Waals surface area contributed by atoms with E-state index in [1.165, 1.54) is 6.92 Å². The number of nitrogens with one attached hydrogen (secondary N) is 2. The van der Waals surface area contributed by atoms with Crippen LogP contribution in [0, 0.1) is 0 Å². The number of phenols is 1. The molecule has 2 aliphatic rings. The van der Waals surface area contributed by atoms with Crippen molar-refractivity contribution in [2.45, 2.75) is 32.3 Å². The van der Waals surface area contributed by atoms with Gasteiger partial charge >= 0.3 is 0 Å². The summed E-state index contributed by atoms with van der Waals surface area (Å²) in [5, 5.41) is 21.5. The van der Waals surface area contributed by atoms with E-state index in [0.717, 1.165) is 56.8 Å². The van der Waals surface area contributed by atoms with Crippen LogP contribution in [0.4, 0.5) is 11.5 Å². The van der Waals surface area contributed by atoms with E-state index in [-0.39, 0.29) is 17.8 Å². The molecular weight excluding hydrogens is 420 g/mol. The number of benzene rings is 2. The third kappa shape index (κ3) is 4.52. The Morgan fingerprint density at radius 3 is 2.70 bits per heavy atom. The van der Waals surface area contributed by atoms with Crippen LogP contribution in [0.1, 0.15) is 26.2 Å².